The number of aromatic amines is 1. The Balaban J connectivity index is 1.63. The minimum Gasteiger partial charge on any atom is -0.496 e. The van der Waals surface area contributed by atoms with E-state index in [2.05, 4.69) is 10.3 Å². The molecule has 0 aromatic carbocycles. The minimum absolute atomic E-state index is 0.174. The third-order valence-electron chi connectivity index (χ3n) is 4.92. The highest BCUT2D eigenvalue weighted by Gasteiger charge is 2.52. The normalized spacial score (nSPS) is 31.0. The Hall–Kier alpha value is -1.82. The van der Waals surface area contributed by atoms with E-state index in [9.17, 15) is 9.59 Å². The van der Waals surface area contributed by atoms with Crippen molar-refractivity contribution < 1.29 is 9.53 Å². The molecule has 2 saturated carbocycles. The van der Waals surface area contributed by atoms with Crippen LogP contribution in [0.3, 0.4) is 0 Å². The van der Waals surface area contributed by atoms with Gasteiger partial charge in [0.15, 0.2) is 0 Å². The number of rotatable bonds is 3. The molecule has 1 amide bonds. The summed E-state index contributed by atoms with van der Waals surface area (Å²) in [4.78, 5) is 26.1. The molecule has 0 radical (unpaired) electrons. The summed E-state index contributed by atoms with van der Waals surface area (Å²) in [6.07, 6.45) is 6.62. The molecule has 2 aliphatic carbocycles. The van der Waals surface area contributed by atoms with Gasteiger partial charge < -0.3 is 20.8 Å². The first-order valence-corrected chi connectivity index (χ1v) is 7.37. The van der Waals surface area contributed by atoms with E-state index < -0.39 is 0 Å². The highest BCUT2D eigenvalue weighted by Crippen LogP contribution is 2.54. The van der Waals surface area contributed by atoms with Gasteiger partial charge in [0.2, 0.25) is 0 Å². The number of nitrogens with two attached hydrogens (primary N) is 1. The van der Waals surface area contributed by atoms with Crippen LogP contribution >= 0.6 is 0 Å². The number of nitrogens with one attached hydrogen (secondary N) is 2. The quantitative estimate of drug-likeness (QED) is 0.766. The molecule has 4 N–H and O–H groups in total. The number of amides is 1. The van der Waals surface area contributed by atoms with E-state index in [-0.39, 0.29) is 17.5 Å². The number of methoxy groups -OCH3 is 1. The number of H-pyrrole nitrogens is 1. The van der Waals surface area contributed by atoms with Crippen LogP contribution in [-0.4, -0.2) is 30.1 Å². The molecule has 114 valence electrons. The predicted octanol–water partition coefficient (Wildman–Crippen LogP) is 0.773. The summed E-state index contributed by atoms with van der Waals surface area (Å²) in [6.45, 7) is 0. The van der Waals surface area contributed by atoms with E-state index in [0.717, 1.165) is 32.1 Å². The third-order valence-corrected chi connectivity index (χ3v) is 4.92. The molecule has 1 atom stereocenters. The zero-order chi connectivity index (χ0) is 15.0. The molecule has 6 nitrogen and oxygen atoms in total. The van der Waals surface area contributed by atoms with Gasteiger partial charge in [0.1, 0.15) is 5.75 Å². The molecule has 1 heterocycles. The maximum atomic E-state index is 12.3. The lowest BCUT2D eigenvalue weighted by molar-refractivity contribution is 0.0915. The van der Waals surface area contributed by atoms with Crippen LogP contribution in [0.25, 0.3) is 0 Å². The van der Waals surface area contributed by atoms with Crippen molar-refractivity contribution in [1.29, 1.82) is 0 Å². The predicted molar refractivity (Wildman–Crippen MR) is 78.4 cm³/mol. The van der Waals surface area contributed by atoms with Crippen molar-refractivity contribution in [2.75, 3.05) is 7.11 Å². The van der Waals surface area contributed by atoms with Gasteiger partial charge in [0.05, 0.1) is 12.7 Å². The second kappa shape index (κ2) is 5.18. The summed E-state index contributed by atoms with van der Waals surface area (Å²) in [5, 5.41) is 3.03. The van der Waals surface area contributed by atoms with Crippen molar-refractivity contribution in [3.05, 3.63) is 28.2 Å². The Bertz CT molecular complexity index is 602. The van der Waals surface area contributed by atoms with Crippen LogP contribution < -0.4 is 21.3 Å². The largest absolute Gasteiger partial charge is 0.496 e. The molecule has 2 fully saturated rings. The molecule has 1 aromatic rings. The van der Waals surface area contributed by atoms with Crippen LogP contribution in [0.15, 0.2) is 17.1 Å². The van der Waals surface area contributed by atoms with Crippen molar-refractivity contribution in [2.45, 2.75) is 44.2 Å². The van der Waals surface area contributed by atoms with Gasteiger partial charge in [-0.3, -0.25) is 9.59 Å². The lowest BCUT2D eigenvalue weighted by Gasteiger charge is -2.29. The van der Waals surface area contributed by atoms with E-state index in [1.807, 2.05) is 0 Å². The molecule has 21 heavy (non-hydrogen) atoms. The monoisotopic (exact) mass is 291 g/mol. The highest BCUT2D eigenvalue weighted by atomic mass is 16.5. The molecule has 1 aromatic heterocycles. The Labute approximate surface area is 123 Å². The van der Waals surface area contributed by atoms with Crippen LogP contribution in [0.2, 0.25) is 0 Å². The fourth-order valence-electron chi connectivity index (χ4n) is 3.35. The van der Waals surface area contributed by atoms with Gasteiger partial charge in [-0.25, -0.2) is 0 Å². The first-order valence-electron chi connectivity index (χ1n) is 7.37. The average molecular weight is 291 g/mol. The van der Waals surface area contributed by atoms with E-state index in [1.54, 1.807) is 0 Å². The third kappa shape index (κ3) is 2.68. The number of aromatic nitrogens is 1. The topological polar surface area (TPSA) is 97.2 Å². The maximum absolute atomic E-state index is 12.3. The maximum Gasteiger partial charge on any atom is 0.256 e. The lowest BCUT2D eigenvalue weighted by Crippen LogP contribution is -2.39. The summed E-state index contributed by atoms with van der Waals surface area (Å²) in [5.41, 5.74) is 6.42. The molecular weight excluding hydrogens is 270 g/mol. The molecule has 0 bridgehead atoms. The van der Waals surface area contributed by atoms with Crippen molar-refractivity contribution >= 4 is 5.91 Å². The van der Waals surface area contributed by atoms with Crippen molar-refractivity contribution in [2.24, 2.45) is 11.1 Å². The second-order valence-corrected chi connectivity index (χ2v) is 6.20. The van der Waals surface area contributed by atoms with E-state index in [0.29, 0.717) is 22.8 Å². The van der Waals surface area contributed by atoms with Crippen LogP contribution in [0.1, 0.15) is 42.5 Å². The lowest BCUT2D eigenvalue weighted by atomic mass is 9.83. The van der Waals surface area contributed by atoms with E-state index in [1.165, 1.54) is 19.4 Å². The number of carbonyl (C=O) groups is 1. The molecule has 0 aliphatic heterocycles. The summed E-state index contributed by atoms with van der Waals surface area (Å²) >= 11 is 0. The Kier molecular flexibility index (Phi) is 3.49. The molecule has 1 unspecified atom stereocenters. The van der Waals surface area contributed by atoms with Gasteiger partial charge in [-0.2, -0.15) is 0 Å². The zero-order valence-electron chi connectivity index (χ0n) is 12.1. The Morgan fingerprint density at radius 2 is 2.14 bits per heavy atom. The zero-order valence-corrected chi connectivity index (χ0v) is 12.1. The van der Waals surface area contributed by atoms with Crippen molar-refractivity contribution in [3.8, 4) is 5.75 Å². The van der Waals surface area contributed by atoms with Gasteiger partial charge in [-0.15, -0.1) is 0 Å². The second-order valence-electron chi connectivity index (χ2n) is 6.20. The number of pyridine rings is 1. The standard InChI is InChI=1S/C15H21N3O3/c1-21-11-6-13(19)17-8-10(11)14(20)18-9-2-4-15(5-3-9)7-12(15)16/h6,8-9,12H,2-5,7,16H2,1H3,(H,17,19)(H,18,20). The van der Waals surface area contributed by atoms with Crippen LogP contribution in [0.4, 0.5) is 0 Å². The van der Waals surface area contributed by atoms with Gasteiger partial charge in [-0.1, -0.05) is 0 Å². The van der Waals surface area contributed by atoms with E-state index >= 15 is 0 Å². The molecular formula is C15H21N3O3. The summed E-state index contributed by atoms with van der Waals surface area (Å²) in [5.74, 6) is 0.0943. The molecule has 2 aliphatic rings. The van der Waals surface area contributed by atoms with Gasteiger partial charge >= 0.3 is 0 Å². The fourth-order valence-corrected chi connectivity index (χ4v) is 3.35. The van der Waals surface area contributed by atoms with Crippen LogP contribution in [0, 0.1) is 5.41 Å². The first kappa shape index (κ1) is 14.1. The highest BCUT2D eigenvalue weighted by molar-refractivity contribution is 5.96. The average Bonchev–Trinajstić information content (AvgIpc) is 3.10. The Morgan fingerprint density at radius 3 is 2.71 bits per heavy atom. The summed E-state index contributed by atoms with van der Waals surface area (Å²) in [6, 6.07) is 1.81. The minimum atomic E-state index is -0.286. The summed E-state index contributed by atoms with van der Waals surface area (Å²) < 4.78 is 5.10. The van der Waals surface area contributed by atoms with Gasteiger partial charge in [0, 0.05) is 24.3 Å². The smallest absolute Gasteiger partial charge is 0.256 e. The Morgan fingerprint density at radius 1 is 1.48 bits per heavy atom. The SMILES string of the molecule is COc1cc(=O)[nH]cc1C(=O)NC1CCC2(CC1)CC2N. The molecule has 6 heteroatoms. The summed E-state index contributed by atoms with van der Waals surface area (Å²) in [7, 11) is 1.45. The van der Waals surface area contributed by atoms with Gasteiger partial charge in [-0.05, 0) is 37.5 Å². The van der Waals surface area contributed by atoms with Crippen molar-refractivity contribution in [3.63, 3.8) is 0 Å². The van der Waals surface area contributed by atoms with Gasteiger partial charge in [0.25, 0.3) is 11.5 Å². The van der Waals surface area contributed by atoms with Crippen LogP contribution in [0.5, 0.6) is 5.75 Å². The molecule has 1 spiro atoms. The number of hydrogen-bond acceptors (Lipinski definition) is 4. The van der Waals surface area contributed by atoms with Crippen LogP contribution in [-0.2, 0) is 0 Å². The van der Waals surface area contributed by atoms with Crippen molar-refractivity contribution in [1.82, 2.24) is 10.3 Å². The first-order chi connectivity index (χ1) is 10.0. The number of hydrogen-bond donors (Lipinski definition) is 3. The fraction of sp³-hybridized carbons (Fsp3) is 0.600. The van der Waals surface area contributed by atoms with E-state index in [4.69, 9.17) is 10.5 Å². The molecule has 0 saturated heterocycles. The molecule has 3 rings (SSSR count). The number of ether oxygens (including phenoxy) is 1. The number of carbonyl (C=O) groups excluding carboxylic acids is 1.